The number of halogens is 1. The Kier molecular flexibility index (Phi) is 4.21. The highest BCUT2D eigenvalue weighted by Gasteiger charge is 2.10. The first-order valence-electron chi connectivity index (χ1n) is 5.82. The van der Waals surface area contributed by atoms with Crippen molar-refractivity contribution in [3.8, 4) is 5.75 Å². The molecule has 2 nitrogen and oxygen atoms in total. The fraction of sp³-hybridized carbons (Fsp3) is 0.357. The summed E-state index contributed by atoms with van der Waals surface area (Å²) < 4.78 is 5.62. The average molecular weight is 251 g/mol. The maximum atomic E-state index is 11.3. The molecule has 0 atom stereocenters. The zero-order chi connectivity index (χ0) is 12.1. The lowest BCUT2D eigenvalue weighted by atomic mass is 9.96. The van der Waals surface area contributed by atoms with Gasteiger partial charge in [0.1, 0.15) is 5.75 Å². The van der Waals surface area contributed by atoms with Crippen LogP contribution in [0.2, 0.25) is 0 Å². The van der Waals surface area contributed by atoms with Gasteiger partial charge in [0, 0.05) is 12.3 Å². The van der Waals surface area contributed by atoms with Gasteiger partial charge in [-0.25, -0.2) is 0 Å². The second-order valence-electron chi connectivity index (χ2n) is 4.08. The molecule has 0 radical (unpaired) electrons. The highest BCUT2D eigenvalue weighted by molar-refractivity contribution is 6.17. The molecule has 0 bridgehead atoms. The van der Waals surface area contributed by atoms with E-state index in [9.17, 15) is 4.79 Å². The predicted molar refractivity (Wildman–Crippen MR) is 69.6 cm³/mol. The summed E-state index contributed by atoms with van der Waals surface area (Å²) in [5, 5.41) is 0. The second kappa shape index (κ2) is 5.87. The van der Waals surface area contributed by atoms with E-state index in [1.807, 2.05) is 24.3 Å². The quantitative estimate of drug-likeness (QED) is 0.593. The van der Waals surface area contributed by atoms with Gasteiger partial charge in [0.05, 0.1) is 6.61 Å². The van der Waals surface area contributed by atoms with E-state index in [1.165, 1.54) is 0 Å². The van der Waals surface area contributed by atoms with Gasteiger partial charge in [0.15, 0.2) is 5.78 Å². The monoisotopic (exact) mass is 250 g/mol. The zero-order valence-corrected chi connectivity index (χ0v) is 10.4. The Bertz CT molecular complexity index is 438. The minimum absolute atomic E-state index is 0.150. The van der Waals surface area contributed by atoms with E-state index in [0.29, 0.717) is 18.9 Å². The molecule has 0 saturated carbocycles. The van der Waals surface area contributed by atoms with Crippen LogP contribution in [0.15, 0.2) is 24.3 Å². The van der Waals surface area contributed by atoms with Crippen molar-refractivity contribution in [1.82, 2.24) is 0 Å². The lowest BCUT2D eigenvalue weighted by Gasteiger charge is -2.12. The van der Waals surface area contributed by atoms with Gasteiger partial charge in [-0.1, -0.05) is 12.1 Å². The smallest absolute Gasteiger partial charge is 0.160 e. The molecule has 0 amide bonds. The summed E-state index contributed by atoms with van der Waals surface area (Å²) in [4.78, 5) is 11.3. The van der Waals surface area contributed by atoms with Crippen LogP contribution in [0.1, 0.15) is 24.0 Å². The van der Waals surface area contributed by atoms with Crippen molar-refractivity contribution in [2.75, 3.05) is 12.5 Å². The number of carbonyl (C=O) groups excluding carboxylic acids is 1. The summed E-state index contributed by atoms with van der Waals surface area (Å²) in [6.45, 7) is 0.676. The highest BCUT2D eigenvalue weighted by atomic mass is 35.5. The molecular formula is C14H15ClO2. The fourth-order valence-corrected chi connectivity index (χ4v) is 1.99. The van der Waals surface area contributed by atoms with Gasteiger partial charge in [-0.3, -0.25) is 4.79 Å². The number of carbonyl (C=O) groups is 1. The van der Waals surface area contributed by atoms with Gasteiger partial charge in [-0.2, -0.15) is 0 Å². The Morgan fingerprint density at radius 2 is 2.12 bits per heavy atom. The third-order valence-corrected chi connectivity index (χ3v) is 2.99. The van der Waals surface area contributed by atoms with Gasteiger partial charge in [-0.05, 0) is 42.2 Å². The molecule has 1 aliphatic rings. The number of hydrogen-bond acceptors (Lipinski definition) is 2. The van der Waals surface area contributed by atoms with Gasteiger partial charge >= 0.3 is 0 Å². The van der Waals surface area contributed by atoms with Gasteiger partial charge in [0.2, 0.25) is 0 Å². The number of ether oxygens (including phenoxy) is 1. The molecule has 0 spiro atoms. The fourth-order valence-electron chi connectivity index (χ4n) is 1.80. The van der Waals surface area contributed by atoms with Crippen molar-refractivity contribution in [1.29, 1.82) is 0 Å². The van der Waals surface area contributed by atoms with Crippen LogP contribution >= 0.6 is 11.6 Å². The molecule has 1 aromatic rings. The number of ketones is 1. The van der Waals surface area contributed by atoms with Crippen LogP contribution < -0.4 is 4.74 Å². The number of fused-ring (bicyclic) bond motifs is 1. The number of benzene rings is 1. The molecule has 3 heteroatoms. The molecule has 1 aromatic carbocycles. The van der Waals surface area contributed by atoms with Gasteiger partial charge < -0.3 is 4.74 Å². The standard InChI is InChI=1S/C14H15ClO2/c15-7-1-2-8-17-14-6-4-11-3-5-13(16)9-12(11)10-14/h3-6,10H,1-2,7-9H2. The van der Waals surface area contributed by atoms with E-state index in [-0.39, 0.29) is 5.78 Å². The van der Waals surface area contributed by atoms with E-state index in [4.69, 9.17) is 16.3 Å². The number of rotatable bonds is 5. The van der Waals surface area contributed by atoms with E-state index in [0.717, 1.165) is 29.7 Å². The Hall–Kier alpha value is -1.28. The summed E-state index contributed by atoms with van der Waals surface area (Å²) >= 11 is 5.59. The third-order valence-electron chi connectivity index (χ3n) is 2.72. The van der Waals surface area contributed by atoms with Crippen LogP contribution in [0.3, 0.4) is 0 Å². The maximum absolute atomic E-state index is 11.3. The maximum Gasteiger partial charge on any atom is 0.160 e. The first kappa shape index (κ1) is 12.2. The van der Waals surface area contributed by atoms with E-state index in [2.05, 4.69) is 0 Å². The Balaban J connectivity index is 1.99. The lowest BCUT2D eigenvalue weighted by molar-refractivity contribution is -0.114. The third kappa shape index (κ3) is 3.34. The van der Waals surface area contributed by atoms with E-state index in [1.54, 1.807) is 6.08 Å². The molecule has 0 N–H and O–H groups in total. The van der Waals surface area contributed by atoms with Gasteiger partial charge in [0.25, 0.3) is 0 Å². The van der Waals surface area contributed by atoms with Crippen molar-refractivity contribution in [3.63, 3.8) is 0 Å². The summed E-state index contributed by atoms with van der Waals surface area (Å²) in [6, 6.07) is 5.90. The molecule has 0 heterocycles. The Labute approximate surface area is 106 Å². The molecule has 17 heavy (non-hydrogen) atoms. The summed E-state index contributed by atoms with van der Waals surface area (Å²) in [5.74, 6) is 1.66. The van der Waals surface area contributed by atoms with E-state index < -0.39 is 0 Å². The SMILES string of the molecule is O=C1C=Cc2ccc(OCCCCCl)cc2C1. The van der Waals surface area contributed by atoms with Crippen LogP contribution in [0.25, 0.3) is 6.08 Å². The number of alkyl halides is 1. The largest absolute Gasteiger partial charge is 0.494 e. The molecule has 90 valence electrons. The molecule has 0 unspecified atom stereocenters. The summed E-state index contributed by atoms with van der Waals surface area (Å²) in [7, 11) is 0. The van der Waals surface area contributed by atoms with Crippen molar-refractivity contribution in [3.05, 3.63) is 35.4 Å². The predicted octanol–water partition coefficient (Wildman–Crippen LogP) is 3.22. The van der Waals surface area contributed by atoms with Crippen LogP contribution in [-0.2, 0) is 11.2 Å². The summed E-state index contributed by atoms with van der Waals surface area (Å²) in [5.41, 5.74) is 2.16. The van der Waals surface area contributed by atoms with Crippen molar-refractivity contribution in [2.45, 2.75) is 19.3 Å². The number of allylic oxidation sites excluding steroid dienone is 1. The normalized spacial score (nSPS) is 13.6. The molecule has 2 rings (SSSR count). The van der Waals surface area contributed by atoms with E-state index >= 15 is 0 Å². The molecule has 1 aliphatic carbocycles. The molecule has 0 aromatic heterocycles. The highest BCUT2D eigenvalue weighted by Crippen LogP contribution is 2.23. The van der Waals surface area contributed by atoms with Crippen LogP contribution in [-0.4, -0.2) is 18.3 Å². The zero-order valence-electron chi connectivity index (χ0n) is 9.62. The molecular weight excluding hydrogens is 236 g/mol. The first-order chi connectivity index (χ1) is 8.29. The van der Waals surface area contributed by atoms with Crippen LogP contribution in [0.4, 0.5) is 0 Å². The minimum Gasteiger partial charge on any atom is -0.494 e. The molecule has 0 fully saturated rings. The van der Waals surface area contributed by atoms with Crippen molar-refractivity contribution >= 4 is 23.5 Å². The molecule has 0 saturated heterocycles. The Morgan fingerprint density at radius 1 is 1.24 bits per heavy atom. The molecule has 0 aliphatic heterocycles. The van der Waals surface area contributed by atoms with Gasteiger partial charge in [-0.15, -0.1) is 11.6 Å². The lowest BCUT2D eigenvalue weighted by Crippen LogP contribution is -2.06. The number of unbranched alkanes of at least 4 members (excludes halogenated alkanes) is 1. The average Bonchev–Trinajstić information content (AvgIpc) is 2.34. The van der Waals surface area contributed by atoms with Crippen LogP contribution in [0.5, 0.6) is 5.75 Å². The Morgan fingerprint density at radius 3 is 2.94 bits per heavy atom. The van der Waals surface area contributed by atoms with Crippen molar-refractivity contribution in [2.24, 2.45) is 0 Å². The van der Waals surface area contributed by atoms with Crippen LogP contribution in [0, 0.1) is 0 Å². The second-order valence-corrected chi connectivity index (χ2v) is 4.46. The first-order valence-corrected chi connectivity index (χ1v) is 6.35. The summed E-state index contributed by atoms with van der Waals surface area (Å²) in [6.07, 6.45) is 5.89. The minimum atomic E-state index is 0.150. The van der Waals surface area contributed by atoms with Crippen molar-refractivity contribution < 1.29 is 9.53 Å². The topological polar surface area (TPSA) is 26.3 Å². The number of hydrogen-bond donors (Lipinski definition) is 0.